The second-order valence-electron chi connectivity index (χ2n) is 10.2. The van der Waals surface area contributed by atoms with Crippen LogP contribution in [0.5, 0.6) is 0 Å². The molecule has 1 aliphatic heterocycles. The van der Waals surface area contributed by atoms with E-state index in [1.807, 2.05) is 13.8 Å². The zero-order valence-electron chi connectivity index (χ0n) is 21.5. The van der Waals surface area contributed by atoms with E-state index in [4.69, 9.17) is 14.2 Å². The molecule has 0 spiro atoms. The van der Waals surface area contributed by atoms with Gasteiger partial charge in [-0.15, -0.1) is 0 Å². The van der Waals surface area contributed by atoms with Gasteiger partial charge in [0.1, 0.15) is 12.2 Å². The molecule has 33 heavy (non-hydrogen) atoms. The average Bonchev–Trinajstić information content (AvgIpc) is 2.75. The number of rotatable bonds is 9. The minimum Gasteiger partial charge on any atom is -0.453 e. The molecule has 1 aliphatic carbocycles. The van der Waals surface area contributed by atoms with Crippen molar-refractivity contribution in [3.8, 4) is 0 Å². The standard InChI is InChI=1S/C27H44O6/c1-8-18(4)16-22(28)32-25-23(29)20(6)31-26(24(25)30)33-27(7,15-9-10-17(2)3)21-13-11-19(5)12-14-21/h10-11,16,20-21,23-26,29-30H,8-9,12-15H2,1-7H3/t20-,21-,23+,24-,25+,26+,27+/m1/s1. The summed E-state index contributed by atoms with van der Waals surface area (Å²) in [5, 5.41) is 21.6. The van der Waals surface area contributed by atoms with Gasteiger partial charge in [0, 0.05) is 6.08 Å². The fourth-order valence-electron chi connectivity index (χ4n) is 4.50. The summed E-state index contributed by atoms with van der Waals surface area (Å²) in [7, 11) is 0. The van der Waals surface area contributed by atoms with Crippen LogP contribution in [0.2, 0.25) is 0 Å². The molecule has 0 amide bonds. The molecule has 0 aromatic heterocycles. The summed E-state index contributed by atoms with van der Waals surface area (Å²) in [6, 6.07) is 0. The largest absolute Gasteiger partial charge is 0.453 e. The van der Waals surface area contributed by atoms with E-state index in [1.165, 1.54) is 17.2 Å². The molecule has 7 atom stereocenters. The minimum atomic E-state index is -1.29. The fourth-order valence-corrected chi connectivity index (χ4v) is 4.50. The van der Waals surface area contributed by atoms with Crippen molar-refractivity contribution in [2.24, 2.45) is 5.92 Å². The number of ether oxygens (including phenoxy) is 3. The first-order valence-corrected chi connectivity index (χ1v) is 12.3. The average molecular weight is 465 g/mol. The van der Waals surface area contributed by atoms with Gasteiger partial charge in [0.05, 0.1) is 11.7 Å². The summed E-state index contributed by atoms with van der Waals surface area (Å²) in [4.78, 5) is 12.3. The van der Waals surface area contributed by atoms with E-state index in [-0.39, 0.29) is 5.92 Å². The number of hydrogen-bond donors (Lipinski definition) is 2. The predicted molar refractivity (Wildman–Crippen MR) is 130 cm³/mol. The Morgan fingerprint density at radius 2 is 1.97 bits per heavy atom. The van der Waals surface area contributed by atoms with Crippen LogP contribution in [0.3, 0.4) is 0 Å². The van der Waals surface area contributed by atoms with Gasteiger partial charge >= 0.3 is 5.97 Å². The third-order valence-corrected chi connectivity index (χ3v) is 7.04. The van der Waals surface area contributed by atoms with Gasteiger partial charge in [0.2, 0.25) is 0 Å². The van der Waals surface area contributed by atoms with Crippen molar-refractivity contribution in [3.63, 3.8) is 0 Å². The highest BCUT2D eigenvalue weighted by Gasteiger charge is 2.49. The van der Waals surface area contributed by atoms with Crippen molar-refractivity contribution in [2.45, 2.75) is 123 Å². The topological polar surface area (TPSA) is 85.2 Å². The lowest BCUT2D eigenvalue weighted by Crippen LogP contribution is -2.60. The van der Waals surface area contributed by atoms with Crippen LogP contribution in [0, 0.1) is 5.92 Å². The van der Waals surface area contributed by atoms with Gasteiger partial charge in [-0.25, -0.2) is 4.79 Å². The lowest BCUT2D eigenvalue weighted by atomic mass is 9.76. The Labute approximate surface area is 199 Å². The molecule has 188 valence electrons. The monoisotopic (exact) mass is 464 g/mol. The summed E-state index contributed by atoms with van der Waals surface area (Å²) >= 11 is 0. The SMILES string of the molecule is CCC(C)=CC(=O)O[C@H]1[C@@H](O)[C@@H](C)O[C@@H](O[C@@](C)(CCC=C(C)C)[C@@H]2CC=C(C)CC2)[C@@H]1O. The molecule has 0 saturated carbocycles. The Bertz CT molecular complexity index is 750. The first-order chi connectivity index (χ1) is 15.5. The highest BCUT2D eigenvalue weighted by atomic mass is 16.7. The number of allylic oxidation sites excluding steroid dienone is 5. The summed E-state index contributed by atoms with van der Waals surface area (Å²) in [5.74, 6) is -0.301. The van der Waals surface area contributed by atoms with Crippen molar-refractivity contribution < 1.29 is 29.2 Å². The van der Waals surface area contributed by atoms with Gasteiger partial charge in [-0.2, -0.15) is 0 Å². The van der Waals surface area contributed by atoms with Gasteiger partial charge in [-0.1, -0.05) is 35.8 Å². The molecular weight excluding hydrogens is 420 g/mol. The van der Waals surface area contributed by atoms with Gasteiger partial charge in [-0.05, 0) is 86.0 Å². The van der Waals surface area contributed by atoms with Crippen molar-refractivity contribution in [1.29, 1.82) is 0 Å². The number of carbonyl (C=O) groups excluding carboxylic acids is 1. The maximum atomic E-state index is 12.3. The Morgan fingerprint density at radius 3 is 2.55 bits per heavy atom. The number of hydrogen-bond acceptors (Lipinski definition) is 6. The normalized spacial score (nSPS) is 32.5. The molecule has 2 aliphatic rings. The second-order valence-corrected chi connectivity index (χ2v) is 10.2. The molecule has 0 aromatic rings. The van der Waals surface area contributed by atoms with Crippen molar-refractivity contribution >= 4 is 5.97 Å². The molecule has 0 unspecified atom stereocenters. The van der Waals surface area contributed by atoms with E-state index in [0.29, 0.717) is 0 Å². The molecule has 0 radical (unpaired) electrons. The van der Waals surface area contributed by atoms with Crippen LogP contribution in [0.4, 0.5) is 0 Å². The van der Waals surface area contributed by atoms with Crippen LogP contribution in [0.15, 0.2) is 34.9 Å². The van der Waals surface area contributed by atoms with Gasteiger partial charge in [-0.3, -0.25) is 0 Å². The van der Waals surface area contributed by atoms with Crippen LogP contribution in [0.1, 0.15) is 87.0 Å². The molecule has 6 heteroatoms. The minimum absolute atomic E-state index is 0.279. The molecule has 2 rings (SSSR count). The quantitative estimate of drug-likeness (QED) is 0.284. The predicted octanol–water partition coefficient (Wildman–Crippen LogP) is 4.99. The fraction of sp³-hybridized carbons (Fsp3) is 0.741. The van der Waals surface area contributed by atoms with Crippen LogP contribution in [0.25, 0.3) is 0 Å². The summed E-state index contributed by atoms with van der Waals surface area (Å²) in [5.41, 5.74) is 2.98. The Morgan fingerprint density at radius 1 is 1.27 bits per heavy atom. The van der Waals surface area contributed by atoms with E-state index in [0.717, 1.165) is 44.1 Å². The van der Waals surface area contributed by atoms with E-state index in [1.54, 1.807) is 6.92 Å². The molecule has 1 saturated heterocycles. The molecule has 6 nitrogen and oxygen atoms in total. The zero-order valence-corrected chi connectivity index (χ0v) is 21.5. The number of carbonyl (C=O) groups is 1. The summed E-state index contributed by atoms with van der Waals surface area (Å²) < 4.78 is 17.9. The Hall–Kier alpha value is -1.47. The zero-order chi connectivity index (χ0) is 24.8. The van der Waals surface area contributed by atoms with Crippen LogP contribution in [-0.4, -0.2) is 52.5 Å². The summed E-state index contributed by atoms with van der Waals surface area (Å²) in [6.07, 6.45) is 5.97. The first kappa shape index (κ1) is 27.8. The smallest absolute Gasteiger partial charge is 0.331 e. The number of aliphatic hydroxyl groups is 2. The molecular formula is C27H44O6. The van der Waals surface area contributed by atoms with Gasteiger partial charge < -0.3 is 24.4 Å². The Kier molecular flexibility index (Phi) is 10.3. The van der Waals surface area contributed by atoms with E-state index < -0.39 is 42.3 Å². The lowest BCUT2D eigenvalue weighted by Gasteiger charge is -2.46. The molecule has 0 aromatic carbocycles. The molecule has 0 bridgehead atoms. The maximum Gasteiger partial charge on any atom is 0.331 e. The van der Waals surface area contributed by atoms with Crippen LogP contribution < -0.4 is 0 Å². The van der Waals surface area contributed by atoms with Crippen molar-refractivity contribution in [1.82, 2.24) is 0 Å². The van der Waals surface area contributed by atoms with Crippen LogP contribution in [-0.2, 0) is 19.0 Å². The molecule has 1 heterocycles. The van der Waals surface area contributed by atoms with Crippen molar-refractivity contribution in [3.05, 3.63) is 34.9 Å². The summed E-state index contributed by atoms with van der Waals surface area (Å²) in [6.45, 7) is 13.9. The van der Waals surface area contributed by atoms with Crippen LogP contribution >= 0.6 is 0 Å². The molecule has 1 fully saturated rings. The first-order valence-electron chi connectivity index (χ1n) is 12.3. The molecule has 2 N–H and O–H groups in total. The third kappa shape index (κ3) is 7.78. The van der Waals surface area contributed by atoms with E-state index in [2.05, 4.69) is 39.8 Å². The number of esters is 1. The highest BCUT2D eigenvalue weighted by Crippen LogP contribution is 2.40. The van der Waals surface area contributed by atoms with Gasteiger partial charge in [0.25, 0.3) is 0 Å². The van der Waals surface area contributed by atoms with E-state index in [9.17, 15) is 15.0 Å². The third-order valence-electron chi connectivity index (χ3n) is 7.04. The maximum absolute atomic E-state index is 12.3. The second kappa shape index (κ2) is 12.3. The van der Waals surface area contributed by atoms with E-state index >= 15 is 0 Å². The van der Waals surface area contributed by atoms with Gasteiger partial charge in [0.15, 0.2) is 12.4 Å². The number of aliphatic hydroxyl groups excluding tert-OH is 2. The lowest BCUT2D eigenvalue weighted by molar-refractivity contribution is -0.326. The highest BCUT2D eigenvalue weighted by molar-refractivity contribution is 5.82. The Balaban J connectivity index is 2.22. The van der Waals surface area contributed by atoms with Crippen molar-refractivity contribution in [2.75, 3.05) is 0 Å².